The van der Waals surface area contributed by atoms with Crippen LogP contribution in [0.2, 0.25) is 0 Å². The van der Waals surface area contributed by atoms with Crippen molar-refractivity contribution in [3.05, 3.63) is 35.6 Å². The maximum atomic E-state index is 12.5. The Morgan fingerprint density at radius 1 is 1.50 bits per heavy atom. The molecule has 2 heteroatoms. The Morgan fingerprint density at radius 2 is 2.20 bits per heavy atom. The van der Waals surface area contributed by atoms with E-state index in [9.17, 15) is 4.39 Å². The van der Waals surface area contributed by atoms with Gasteiger partial charge in [-0.2, -0.15) is 0 Å². The molecule has 0 saturated carbocycles. The van der Waals surface area contributed by atoms with Gasteiger partial charge in [0.15, 0.2) is 0 Å². The van der Waals surface area contributed by atoms with Crippen LogP contribution in [0.5, 0.6) is 0 Å². The van der Waals surface area contributed by atoms with Gasteiger partial charge in [-0.1, -0.05) is 28.1 Å². The van der Waals surface area contributed by atoms with E-state index in [1.807, 2.05) is 13.0 Å². The average Bonchev–Trinajstić information content (AvgIpc) is 1.88. The van der Waals surface area contributed by atoms with Crippen molar-refractivity contribution < 1.29 is 4.39 Å². The summed E-state index contributed by atoms with van der Waals surface area (Å²) in [6, 6.07) is 6.57. The molecule has 0 fully saturated rings. The molecule has 0 amide bonds. The predicted molar refractivity (Wildman–Crippen MR) is 43.7 cm³/mol. The first-order chi connectivity index (χ1) is 4.70. The number of alkyl halides is 1. The van der Waals surface area contributed by atoms with E-state index in [0.717, 1.165) is 5.56 Å². The average molecular weight is 203 g/mol. The van der Waals surface area contributed by atoms with E-state index < -0.39 is 0 Å². The third-order valence-corrected chi connectivity index (χ3v) is 1.84. The summed E-state index contributed by atoms with van der Waals surface area (Å²) in [7, 11) is 0. The molecule has 10 heavy (non-hydrogen) atoms. The van der Waals surface area contributed by atoms with Crippen molar-refractivity contribution in [3.63, 3.8) is 0 Å². The lowest BCUT2D eigenvalue weighted by molar-refractivity contribution is 0.625. The highest BCUT2D eigenvalue weighted by Gasteiger charge is 1.99. The summed E-state index contributed by atoms with van der Waals surface area (Å²) >= 11 is 3.35. The molecule has 0 radical (unpaired) electrons. The molecule has 0 spiro atoms. The summed E-state index contributed by atoms with van der Waals surface area (Å²) < 4.78 is 12.5. The molecule has 0 saturated heterocycles. The molecule has 0 aliphatic heterocycles. The first-order valence-electron chi connectivity index (χ1n) is 3.09. The molecule has 0 aromatic heterocycles. The number of rotatable bonds is 1. The zero-order valence-corrected chi connectivity index (χ0v) is 7.23. The van der Waals surface area contributed by atoms with Gasteiger partial charge in [-0.25, -0.2) is 4.39 Å². The molecule has 0 heterocycles. The highest BCUT2D eigenvalue weighted by Crippen LogP contribution is 2.21. The second kappa shape index (κ2) is 3.15. The lowest BCUT2D eigenvalue weighted by Crippen LogP contribution is -1.83. The van der Waals surface area contributed by atoms with Gasteiger partial charge < -0.3 is 0 Å². The molecule has 1 atom stereocenters. The van der Waals surface area contributed by atoms with Crippen LogP contribution >= 0.6 is 15.9 Å². The van der Waals surface area contributed by atoms with Crippen molar-refractivity contribution in [1.29, 1.82) is 0 Å². The lowest BCUT2D eigenvalue weighted by Gasteiger charge is -2.01. The van der Waals surface area contributed by atoms with E-state index >= 15 is 0 Å². The third-order valence-electron chi connectivity index (χ3n) is 1.31. The summed E-state index contributed by atoms with van der Waals surface area (Å²) in [5, 5.41) is 0. The Morgan fingerprint density at radius 3 is 2.60 bits per heavy atom. The standard InChI is InChI=1S/C8H8BrF/c1-6(9)7-3-2-4-8(10)5-7/h2-6H,1H3/t6-/m0/s1. The Labute approximate surface area is 68.2 Å². The minimum absolute atomic E-state index is 0.177. The van der Waals surface area contributed by atoms with Crippen LogP contribution in [0, 0.1) is 5.82 Å². The number of benzene rings is 1. The minimum atomic E-state index is -0.177. The molecule has 1 rings (SSSR count). The summed E-state index contributed by atoms with van der Waals surface area (Å²) in [5.74, 6) is -0.177. The van der Waals surface area contributed by atoms with Crippen molar-refractivity contribution in [2.75, 3.05) is 0 Å². The summed E-state index contributed by atoms with van der Waals surface area (Å²) in [6.45, 7) is 1.97. The number of hydrogen-bond acceptors (Lipinski definition) is 0. The van der Waals surface area contributed by atoms with Gasteiger partial charge in [0, 0.05) is 4.83 Å². The van der Waals surface area contributed by atoms with Gasteiger partial charge in [0.25, 0.3) is 0 Å². The SMILES string of the molecule is C[C@H](Br)c1cccc(F)c1. The van der Waals surface area contributed by atoms with Gasteiger partial charge in [0.2, 0.25) is 0 Å². The molecule has 0 nitrogen and oxygen atoms in total. The fourth-order valence-electron chi connectivity index (χ4n) is 0.754. The summed E-state index contributed by atoms with van der Waals surface area (Å²) in [5.41, 5.74) is 0.972. The maximum Gasteiger partial charge on any atom is 0.123 e. The molecule has 1 aromatic rings. The van der Waals surface area contributed by atoms with Crippen molar-refractivity contribution in [3.8, 4) is 0 Å². The third kappa shape index (κ3) is 1.81. The predicted octanol–water partition coefficient (Wildman–Crippen LogP) is 3.28. The van der Waals surface area contributed by atoms with Crippen LogP contribution < -0.4 is 0 Å². The Kier molecular flexibility index (Phi) is 2.44. The van der Waals surface area contributed by atoms with E-state index in [4.69, 9.17) is 0 Å². The Bertz CT molecular complexity index is 220. The van der Waals surface area contributed by atoms with Gasteiger partial charge in [-0.15, -0.1) is 0 Å². The fourth-order valence-corrected chi connectivity index (χ4v) is 1.04. The second-order valence-electron chi connectivity index (χ2n) is 2.17. The molecular weight excluding hydrogens is 195 g/mol. The fraction of sp³-hybridized carbons (Fsp3) is 0.250. The van der Waals surface area contributed by atoms with Crippen LogP contribution in [0.4, 0.5) is 4.39 Å². The van der Waals surface area contributed by atoms with Crippen LogP contribution in [0.25, 0.3) is 0 Å². The van der Waals surface area contributed by atoms with Crippen molar-refractivity contribution >= 4 is 15.9 Å². The van der Waals surface area contributed by atoms with Gasteiger partial charge >= 0.3 is 0 Å². The minimum Gasteiger partial charge on any atom is -0.207 e. The summed E-state index contributed by atoms with van der Waals surface area (Å²) in [6.07, 6.45) is 0. The molecule has 0 aliphatic carbocycles. The molecule has 54 valence electrons. The van der Waals surface area contributed by atoms with E-state index in [1.54, 1.807) is 6.07 Å². The molecule has 0 bridgehead atoms. The van der Waals surface area contributed by atoms with Crippen LogP contribution in [0.15, 0.2) is 24.3 Å². The van der Waals surface area contributed by atoms with Crippen LogP contribution in [-0.2, 0) is 0 Å². The van der Waals surface area contributed by atoms with Gasteiger partial charge in [-0.05, 0) is 24.6 Å². The quantitative estimate of drug-likeness (QED) is 0.614. The first-order valence-corrected chi connectivity index (χ1v) is 4.01. The molecular formula is C8H8BrF. The van der Waals surface area contributed by atoms with Gasteiger partial charge in [0.05, 0.1) is 0 Å². The highest BCUT2D eigenvalue weighted by atomic mass is 79.9. The Balaban J connectivity index is 2.96. The van der Waals surface area contributed by atoms with Crippen LogP contribution in [-0.4, -0.2) is 0 Å². The second-order valence-corrected chi connectivity index (χ2v) is 3.54. The highest BCUT2D eigenvalue weighted by molar-refractivity contribution is 9.09. The zero-order valence-electron chi connectivity index (χ0n) is 5.64. The van der Waals surface area contributed by atoms with Crippen LogP contribution in [0.1, 0.15) is 17.3 Å². The monoisotopic (exact) mass is 202 g/mol. The molecule has 0 N–H and O–H groups in total. The van der Waals surface area contributed by atoms with E-state index in [1.165, 1.54) is 12.1 Å². The normalized spacial score (nSPS) is 13.1. The summed E-state index contributed by atoms with van der Waals surface area (Å²) in [4.78, 5) is 0.225. The molecule has 0 unspecified atom stereocenters. The van der Waals surface area contributed by atoms with E-state index in [2.05, 4.69) is 15.9 Å². The van der Waals surface area contributed by atoms with E-state index in [0.29, 0.717) is 0 Å². The first kappa shape index (κ1) is 7.73. The van der Waals surface area contributed by atoms with Crippen LogP contribution in [0.3, 0.4) is 0 Å². The molecule has 0 aliphatic rings. The van der Waals surface area contributed by atoms with Crippen molar-refractivity contribution in [1.82, 2.24) is 0 Å². The molecule has 1 aromatic carbocycles. The Hall–Kier alpha value is -0.370. The van der Waals surface area contributed by atoms with Crippen molar-refractivity contribution in [2.45, 2.75) is 11.8 Å². The largest absolute Gasteiger partial charge is 0.207 e. The number of halogens is 2. The topological polar surface area (TPSA) is 0 Å². The van der Waals surface area contributed by atoms with Gasteiger partial charge in [0.1, 0.15) is 5.82 Å². The van der Waals surface area contributed by atoms with E-state index in [-0.39, 0.29) is 10.6 Å². The smallest absolute Gasteiger partial charge is 0.123 e. The van der Waals surface area contributed by atoms with Crippen molar-refractivity contribution in [2.24, 2.45) is 0 Å². The van der Waals surface area contributed by atoms with Gasteiger partial charge in [-0.3, -0.25) is 0 Å². The zero-order chi connectivity index (χ0) is 7.56. The maximum absolute atomic E-state index is 12.5. The lowest BCUT2D eigenvalue weighted by atomic mass is 10.2. The number of hydrogen-bond donors (Lipinski definition) is 0.